The van der Waals surface area contributed by atoms with Gasteiger partial charge in [0, 0.05) is 18.1 Å². The van der Waals surface area contributed by atoms with E-state index >= 15 is 0 Å². The van der Waals surface area contributed by atoms with Crippen molar-refractivity contribution in [3.05, 3.63) is 57.5 Å². The van der Waals surface area contributed by atoms with Crippen molar-refractivity contribution in [2.45, 2.75) is 17.7 Å². The summed E-state index contributed by atoms with van der Waals surface area (Å²) in [5.74, 6) is -0.758. The molecule has 2 aromatic carbocycles. The van der Waals surface area contributed by atoms with E-state index in [0.29, 0.717) is 35.1 Å². The van der Waals surface area contributed by atoms with Crippen LogP contribution in [0.2, 0.25) is 15.1 Å². The molecule has 1 aliphatic rings. The zero-order valence-electron chi connectivity index (χ0n) is 14.2. The number of anilines is 1. The molecule has 2 aromatic rings. The summed E-state index contributed by atoms with van der Waals surface area (Å²) in [6.07, 6.45) is 1.19. The maximum Gasteiger partial charge on any atom is 0.243 e. The van der Waals surface area contributed by atoms with Crippen LogP contribution in [0.5, 0.6) is 0 Å². The lowest BCUT2D eigenvalue weighted by molar-refractivity contribution is -0.120. The topological polar surface area (TPSA) is 66.5 Å². The summed E-state index contributed by atoms with van der Waals surface area (Å²) in [6, 6.07) is 11.0. The van der Waals surface area contributed by atoms with Gasteiger partial charge in [0.2, 0.25) is 15.9 Å². The first kappa shape index (κ1) is 20.4. The molecule has 3 rings (SSSR count). The van der Waals surface area contributed by atoms with Gasteiger partial charge in [-0.3, -0.25) is 4.79 Å². The van der Waals surface area contributed by atoms with Crippen molar-refractivity contribution < 1.29 is 13.2 Å². The summed E-state index contributed by atoms with van der Waals surface area (Å²) in [6.45, 7) is 0.474. The third-order valence-corrected chi connectivity index (χ3v) is 7.37. The van der Waals surface area contributed by atoms with Crippen LogP contribution in [0.4, 0.5) is 5.69 Å². The molecule has 9 heteroatoms. The number of rotatable bonds is 4. The standard InChI is InChI=1S/C18H17Cl3N2O3S/c19-13-6-8-14(9-7-13)27(25,26)23-10-2-3-12(11-23)18(24)22-16-5-1-4-15(20)17(16)21/h1,4-9,12H,2-3,10-11H2,(H,22,24)/t12-/m1/s1. The SMILES string of the molecule is O=C(Nc1cccc(Cl)c1Cl)[C@@H]1CCCN(S(=O)(=O)c2ccc(Cl)cc2)C1. The van der Waals surface area contributed by atoms with Crippen LogP contribution < -0.4 is 5.32 Å². The molecule has 0 radical (unpaired) electrons. The van der Waals surface area contributed by atoms with Crippen LogP contribution in [0.15, 0.2) is 47.4 Å². The molecule has 5 nitrogen and oxygen atoms in total. The Morgan fingerprint density at radius 2 is 1.78 bits per heavy atom. The zero-order chi connectivity index (χ0) is 19.6. The van der Waals surface area contributed by atoms with Gasteiger partial charge in [0.05, 0.1) is 26.5 Å². The Hall–Kier alpha value is -1.31. The molecule has 0 saturated carbocycles. The van der Waals surface area contributed by atoms with E-state index in [9.17, 15) is 13.2 Å². The zero-order valence-corrected chi connectivity index (χ0v) is 17.2. The highest BCUT2D eigenvalue weighted by Gasteiger charge is 2.33. The first-order valence-corrected chi connectivity index (χ1v) is 10.9. The minimum atomic E-state index is -3.69. The van der Waals surface area contributed by atoms with E-state index in [2.05, 4.69) is 5.32 Å². The molecular formula is C18H17Cl3N2O3S. The van der Waals surface area contributed by atoms with E-state index in [1.54, 1.807) is 18.2 Å². The summed E-state index contributed by atoms with van der Waals surface area (Å²) < 4.78 is 27.0. The van der Waals surface area contributed by atoms with Crippen LogP contribution in [-0.2, 0) is 14.8 Å². The van der Waals surface area contributed by atoms with Crippen LogP contribution in [0.3, 0.4) is 0 Å². The summed E-state index contributed by atoms with van der Waals surface area (Å²) in [5, 5.41) is 3.80. The highest BCUT2D eigenvalue weighted by Crippen LogP contribution is 2.31. The van der Waals surface area contributed by atoms with Crippen molar-refractivity contribution in [3.63, 3.8) is 0 Å². The molecule has 0 aliphatic carbocycles. The average molecular weight is 448 g/mol. The number of benzene rings is 2. The lowest BCUT2D eigenvalue weighted by atomic mass is 9.99. The molecule has 27 heavy (non-hydrogen) atoms. The minimum Gasteiger partial charge on any atom is -0.324 e. The molecule has 144 valence electrons. The lowest BCUT2D eigenvalue weighted by Crippen LogP contribution is -2.43. The number of nitrogens with one attached hydrogen (secondary N) is 1. The molecule has 1 atom stereocenters. The van der Waals surface area contributed by atoms with Crippen molar-refractivity contribution in [2.24, 2.45) is 5.92 Å². The Labute approximate surface area is 173 Å². The minimum absolute atomic E-state index is 0.106. The molecule has 1 fully saturated rings. The maximum absolute atomic E-state index is 12.8. The fraction of sp³-hybridized carbons (Fsp3) is 0.278. The maximum atomic E-state index is 12.8. The molecule has 0 aromatic heterocycles. The molecule has 1 amide bonds. The Balaban J connectivity index is 1.74. The second-order valence-electron chi connectivity index (χ2n) is 6.25. The number of hydrogen-bond donors (Lipinski definition) is 1. The quantitative estimate of drug-likeness (QED) is 0.739. The fourth-order valence-electron chi connectivity index (χ4n) is 2.97. The molecule has 1 aliphatic heterocycles. The fourth-order valence-corrected chi connectivity index (χ4v) is 4.96. The summed E-state index contributed by atoms with van der Waals surface area (Å²) in [5.41, 5.74) is 0.409. The van der Waals surface area contributed by atoms with E-state index < -0.39 is 15.9 Å². The highest BCUT2D eigenvalue weighted by molar-refractivity contribution is 7.89. The van der Waals surface area contributed by atoms with Crippen molar-refractivity contribution >= 4 is 56.4 Å². The van der Waals surface area contributed by atoms with E-state index in [1.165, 1.54) is 28.6 Å². The van der Waals surface area contributed by atoms with Crippen LogP contribution in [0.25, 0.3) is 0 Å². The summed E-state index contributed by atoms with van der Waals surface area (Å²) in [4.78, 5) is 12.8. The van der Waals surface area contributed by atoms with Crippen LogP contribution in [-0.4, -0.2) is 31.7 Å². The third-order valence-electron chi connectivity index (χ3n) is 4.42. The number of piperidine rings is 1. The third kappa shape index (κ3) is 4.58. The smallest absolute Gasteiger partial charge is 0.243 e. The Bertz CT molecular complexity index is 949. The van der Waals surface area contributed by atoms with Gasteiger partial charge in [0.15, 0.2) is 0 Å². The van der Waals surface area contributed by atoms with Crippen LogP contribution >= 0.6 is 34.8 Å². The van der Waals surface area contributed by atoms with Gasteiger partial charge >= 0.3 is 0 Å². The number of halogens is 3. The average Bonchev–Trinajstić information content (AvgIpc) is 2.66. The second-order valence-corrected chi connectivity index (χ2v) is 9.41. The first-order chi connectivity index (χ1) is 12.8. The van der Waals surface area contributed by atoms with E-state index in [1.807, 2.05) is 0 Å². The predicted molar refractivity (Wildman–Crippen MR) is 108 cm³/mol. The van der Waals surface area contributed by atoms with Gasteiger partial charge in [-0.1, -0.05) is 40.9 Å². The summed E-state index contributed by atoms with van der Waals surface area (Å²) >= 11 is 17.9. The normalized spacial score (nSPS) is 18.3. The van der Waals surface area contributed by atoms with E-state index in [4.69, 9.17) is 34.8 Å². The molecule has 1 heterocycles. The lowest BCUT2D eigenvalue weighted by Gasteiger charge is -2.31. The second kappa shape index (κ2) is 8.37. The van der Waals surface area contributed by atoms with Gasteiger partial charge < -0.3 is 5.32 Å². The van der Waals surface area contributed by atoms with Gasteiger partial charge in [0.1, 0.15) is 0 Å². The largest absolute Gasteiger partial charge is 0.324 e. The molecular weight excluding hydrogens is 431 g/mol. The molecule has 1 saturated heterocycles. The van der Waals surface area contributed by atoms with Gasteiger partial charge in [-0.05, 0) is 49.2 Å². The summed E-state index contributed by atoms with van der Waals surface area (Å²) in [7, 11) is -3.69. The van der Waals surface area contributed by atoms with Crippen molar-refractivity contribution in [1.29, 1.82) is 0 Å². The van der Waals surface area contributed by atoms with Gasteiger partial charge in [-0.2, -0.15) is 4.31 Å². The molecule has 0 bridgehead atoms. The van der Waals surface area contributed by atoms with Gasteiger partial charge in [-0.25, -0.2) is 8.42 Å². The van der Waals surface area contributed by atoms with Gasteiger partial charge in [-0.15, -0.1) is 0 Å². The number of hydrogen-bond acceptors (Lipinski definition) is 3. The Kier molecular flexibility index (Phi) is 6.33. The Morgan fingerprint density at radius 3 is 2.48 bits per heavy atom. The van der Waals surface area contributed by atoms with E-state index in [0.717, 1.165) is 0 Å². The first-order valence-electron chi connectivity index (χ1n) is 8.29. The van der Waals surface area contributed by atoms with Gasteiger partial charge in [0.25, 0.3) is 0 Å². The monoisotopic (exact) mass is 446 g/mol. The van der Waals surface area contributed by atoms with E-state index in [-0.39, 0.29) is 22.4 Å². The van der Waals surface area contributed by atoms with Crippen molar-refractivity contribution in [3.8, 4) is 0 Å². The number of carbonyl (C=O) groups excluding carboxylic acids is 1. The predicted octanol–water partition coefficient (Wildman–Crippen LogP) is 4.69. The van der Waals surface area contributed by atoms with Crippen molar-refractivity contribution in [2.75, 3.05) is 18.4 Å². The highest BCUT2D eigenvalue weighted by atomic mass is 35.5. The Morgan fingerprint density at radius 1 is 1.07 bits per heavy atom. The van der Waals surface area contributed by atoms with Crippen LogP contribution in [0.1, 0.15) is 12.8 Å². The number of carbonyl (C=O) groups is 1. The van der Waals surface area contributed by atoms with Crippen molar-refractivity contribution in [1.82, 2.24) is 4.31 Å². The molecule has 0 unspecified atom stereocenters. The molecule has 0 spiro atoms. The number of amides is 1. The van der Waals surface area contributed by atoms with Crippen LogP contribution in [0, 0.1) is 5.92 Å². The number of nitrogens with zero attached hydrogens (tertiary/aromatic N) is 1. The molecule has 1 N–H and O–H groups in total. The number of sulfonamides is 1.